The Morgan fingerprint density at radius 3 is 3.00 bits per heavy atom. The van der Waals surface area contributed by atoms with Crippen LogP contribution in [0.4, 0.5) is 0 Å². The van der Waals surface area contributed by atoms with Gasteiger partial charge in [0.25, 0.3) is 0 Å². The van der Waals surface area contributed by atoms with Gasteiger partial charge in [-0.1, -0.05) is 31.6 Å². The van der Waals surface area contributed by atoms with Crippen LogP contribution in [0.25, 0.3) is 0 Å². The van der Waals surface area contributed by atoms with Crippen molar-refractivity contribution in [2.45, 2.75) is 25.8 Å². The van der Waals surface area contributed by atoms with Crippen molar-refractivity contribution in [3.05, 3.63) is 24.0 Å². The maximum absolute atomic E-state index is 4.09. The second-order valence-corrected chi connectivity index (χ2v) is 4.05. The topological polar surface area (TPSA) is 6.48 Å². The first-order valence-electron chi connectivity index (χ1n) is 5.08. The van der Waals surface area contributed by atoms with Gasteiger partial charge in [0.05, 0.1) is 11.9 Å². The Labute approximate surface area is 80.5 Å². The van der Waals surface area contributed by atoms with Gasteiger partial charge in [-0.25, -0.2) is 0 Å². The highest BCUT2D eigenvalue weighted by molar-refractivity contribution is 5.23. The highest BCUT2D eigenvalue weighted by Crippen LogP contribution is 2.28. The first-order chi connectivity index (χ1) is 6.22. The van der Waals surface area contributed by atoms with Crippen LogP contribution < -0.4 is 0 Å². The molecular formula is C11H18N2. The smallest absolute Gasteiger partial charge is 0.0971 e. The number of hydrogen-bond donors (Lipinski definition) is 0. The molecule has 0 aromatic rings. The minimum absolute atomic E-state index is 0.586. The number of fused-ring (bicyclic) bond motifs is 2. The summed E-state index contributed by atoms with van der Waals surface area (Å²) in [5.74, 6) is 1.19. The summed E-state index contributed by atoms with van der Waals surface area (Å²) in [5, 5.41) is 0. The number of rotatable bonds is 2. The molecule has 2 aliphatic rings. The van der Waals surface area contributed by atoms with Crippen molar-refractivity contribution < 1.29 is 0 Å². The largest absolute Gasteiger partial charge is 0.354 e. The molecule has 1 atom stereocenters. The fourth-order valence-electron chi connectivity index (χ4n) is 2.24. The Hall–Kier alpha value is -0.920. The lowest BCUT2D eigenvalue weighted by atomic mass is 10.0. The molecule has 0 aromatic heterocycles. The van der Waals surface area contributed by atoms with Crippen LogP contribution in [-0.4, -0.2) is 36.0 Å². The maximum atomic E-state index is 4.09. The quantitative estimate of drug-likeness (QED) is 0.595. The number of nitrogens with zero attached hydrogens (tertiary/aromatic N) is 2. The molecule has 0 radical (unpaired) electrons. The zero-order valence-electron chi connectivity index (χ0n) is 8.58. The standard InChI is InChI=1S/C11H18N2/c1-4-5-10-6-11-8-13(7-10)9(2)12(11)3/h6,11H,2,4-5,7-8H2,1,3H3. The van der Waals surface area contributed by atoms with E-state index in [9.17, 15) is 0 Å². The van der Waals surface area contributed by atoms with Crippen LogP contribution in [0.1, 0.15) is 19.8 Å². The van der Waals surface area contributed by atoms with Gasteiger partial charge >= 0.3 is 0 Å². The summed E-state index contributed by atoms with van der Waals surface area (Å²) in [6.07, 6.45) is 4.93. The molecule has 0 spiro atoms. The van der Waals surface area contributed by atoms with E-state index in [1.807, 2.05) is 0 Å². The summed E-state index contributed by atoms with van der Waals surface area (Å²) in [5.41, 5.74) is 1.59. The number of likely N-dealkylation sites (N-methyl/N-ethyl adjacent to an activating group) is 1. The highest BCUT2D eigenvalue weighted by Gasteiger charge is 2.32. The minimum atomic E-state index is 0.586. The maximum Gasteiger partial charge on any atom is 0.0971 e. The third-order valence-corrected chi connectivity index (χ3v) is 3.07. The van der Waals surface area contributed by atoms with Crippen molar-refractivity contribution in [3.63, 3.8) is 0 Å². The molecule has 1 saturated heterocycles. The Morgan fingerprint density at radius 2 is 2.38 bits per heavy atom. The molecule has 13 heavy (non-hydrogen) atoms. The van der Waals surface area contributed by atoms with Gasteiger partial charge in [-0.3, -0.25) is 0 Å². The van der Waals surface area contributed by atoms with E-state index in [0.717, 1.165) is 13.1 Å². The number of hydrogen-bond acceptors (Lipinski definition) is 2. The van der Waals surface area contributed by atoms with E-state index in [4.69, 9.17) is 0 Å². The average molecular weight is 178 g/mol. The molecule has 2 aliphatic heterocycles. The molecule has 2 heteroatoms. The molecule has 2 heterocycles. The molecule has 0 aliphatic carbocycles. The Bertz CT molecular complexity index is 255. The second kappa shape index (κ2) is 3.09. The first-order valence-corrected chi connectivity index (χ1v) is 5.08. The lowest BCUT2D eigenvalue weighted by Crippen LogP contribution is -2.28. The van der Waals surface area contributed by atoms with Crippen molar-refractivity contribution in [1.82, 2.24) is 9.80 Å². The third-order valence-electron chi connectivity index (χ3n) is 3.07. The zero-order valence-corrected chi connectivity index (χ0v) is 8.58. The van der Waals surface area contributed by atoms with E-state index >= 15 is 0 Å². The van der Waals surface area contributed by atoms with E-state index in [-0.39, 0.29) is 0 Å². The predicted octanol–water partition coefficient (Wildman–Crippen LogP) is 1.81. The van der Waals surface area contributed by atoms with Crippen LogP contribution in [0, 0.1) is 0 Å². The summed E-state index contributed by atoms with van der Waals surface area (Å²) in [6.45, 7) is 8.58. The molecule has 0 N–H and O–H groups in total. The molecule has 2 rings (SSSR count). The van der Waals surface area contributed by atoms with E-state index in [1.54, 1.807) is 5.57 Å². The summed E-state index contributed by atoms with van der Waals surface area (Å²) in [7, 11) is 2.14. The van der Waals surface area contributed by atoms with Crippen molar-refractivity contribution in [3.8, 4) is 0 Å². The normalized spacial score (nSPS) is 26.8. The van der Waals surface area contributed by atoms with Gasteiger partial charge in [0.1, 0.15) is 0 Å². The predicted molar refractivity (Wildman–Crippen MR) is 55.3 cm³/mol. The van der Waals surface area contributed by atoms with E-state index < -0.39 is 0 Å². The van der Waals surface area contributed by atoms with Crippen LogP contribution >= 0.6 is 0 Å². The van der Waals surface area contributed by atoms with Crippen LogP contribution in [0.3, 0.4) is 0 Å². The third kappa shape index (κ3) is 1.34. The van der Waals surface area contributed by atoms with Gasteiger partial charge in [-0.15, -0.1) is 0 Å². The highest BCUT2D eigenvalue weighted by atomic mass is 15.4. The molecule has 1 unspecified atom stereocenters. The van der Waals surface area contributed by atoms with Gasteiger partial charge < -0.3 is 9.80 Å². The molecule has 0 amide bonds. The van der Waals surface area contributed by atoms with Crippen LogP contribution in [-0.2, 0) is 0 Å². The van der Waals surface area contributed by atoms with E-state index in [1.165, 1.54) is 18.7 Å². The molecule has 2 nitrogen and oxygen atoms in total. The fourth-order valence-corrected chi connectivity index (χ4v) is 2.24. The monoisotopic (exact) mass is 178 g/mol. The van der Waals surface area contributed by atoms with Gasteiger partial charge in [0, 0.05) is 20.1 Å². The molecule has 1 fully saturated rings. The summed E-state index contributed by atoms with van der Waals surface area (Å²) >= 11 is 0. The summed E-state index contributed by atoms with van der Waals surface area (Å²) in [4.78, 5) is 4.66. The lowest BCUT2D eigenvalue weighted by Gasteiger charge is -2.22. The zero-order chi connectivity index (χ0) is 9.42. The summed E-state index contributed by atoms with van der Waals surface area (Å²) < 4.78 is 0. The van der Waals surface area contributed by atoms with Crippen LogP contribution in [0.15, 0.2) is 24.0 Å². The van der Waals surface area contributed by atoms with Crippen LogP contribution in [0.2, 0.25) is 0 Å². The average Bonchev–Trinajstić information content (AvgIpc) is 2.32. The molecule has 72 valence electrons. The summed E-state index contributed by atoms with van der Waals surface area (Å²) in [6, 6.07) is 0.586. The van der Waals surface area contributed by atoms with Crippen molar-refractivity contribution in [2.75, 3.05) is 20.1 Å². The van der Waals surface area contributed by atoms with Gasteiger partial charge in [0.15, 0.2) is 0 Å². The van der Waals surface area contributed by atoms with Gasteiger partial charge in [0.2, 0.25) is 0 Å². The van der Waals surface area contributed by atoms with Crippen molar-refractivity contribution in [1.29, 1.82) is 0 Å². The van der Waals surface area contributed by atoms with E-state index in [2.05, 4.69) is 36.4 Å². The molecular weight excluding hydrogens is 160 g/mol. The van der Waals surface area contributed by atoms with Crippen molar-refractivity contribution >= 4 is 0 Å². The van der Waals surface area contributed by atoms with Crippen molar-refractivity contribution in [2.24, 2.45) is 0 Å². The van der Waals surface area contributed by atoms with Crippen LogP contribution in [0.5, 0.6) is 0 Å². The second-order valence-electron chi connectivity index (χ2n) is 4.05. The Balaban J connectivity index is 2.15. The SMILES string of the molecule is C=C1N2CC(CCC)=CC(C2)N1C. The van der Waals surface area contributed by atoms with Gasteiger partial charge in [-0.2, -0.15) is 0 Å². The minimum Gasteiger partial charge on any atom is -0.354 e. The first kappa shape index (κ1) is 8.67. The lowest BCUT2D eigenvalue weighted by molar-refractivity contribution is 0.392. The molecule has 0 aromatic carbocycles. The van der Waals surface area contributed by atoms with E-state index in [0.29, 0.717) is 6.04 Å². The fraction of sp³-hybridized carbons (Fsp3) is 0.636. The Kier molecular flexibility index (Phi) is 2.06. The van der Waals surface area contributed by atoms with Gasteiger partial charge in [-0.05, 0) is 6.42 Å². The Morgan fingerprint density at radius 1 is 1.62 bits per heavy atom. The molecule has 0 saturated carbocycles. The molecule has 2 bridgehead atoms.